The fourth-order valence-corrected chi connectivity index (χ4v) is 4.43. The smallest absolute Gasteiger partial charge is 0.326 e. The van der Waals surface area contributed by atoms with Crippen molar-refractivity contribution in [2.75, 3.05) is 10.6 Å². The van der Waals surface area contributed by atoms with Crippen LogP contribution in [0.5, 0.6) is 0 Å². The Morgan fingerprint density at radius 1 is 1.24 bits per heavy atom. The standard InChI is InChI=1S/C20H21F3N6O2S2/c1-4-29-15(9-16(30)25-14-7-5-6-13(8-14)20(21,22)23)27-28-19(29)33-12(3)17(31)26-18-24-11(2)10-32-18/h5-8,10,12H,4,9H2,1-3H3,(H,25,30)(H,24,26,31)/t12-/m0/s1. The van der Waals surface area contributed by atoms with Crippen LogP contribution < -0.4 is 10.6 Å². The van der Waals surface area contributed by atoms with Crippen LogP contribution >= 0.6 is 23.1 Å². The molecule has 0 saturated carbocycles. The molecule has 0 saturated heterocycles. The van der Waals surface area contributed by atoms with Crippen LogP contribution in [0.15, 0.2) is 34.8 Å². The molecule has 0 aliphatic carbocycles. The second-order valence-electron chi connectivity index (χ2n) is 6.99. The SMILES string of the molecule is CCn1c(CC(=O)Nc2cccc(C(F)(F)F)c2)nnc1S[C@@H](C)C(=O)Nc1nc(C)cs1. The highest BCUT2D eigenvalue weighted by atomic mass is 32.2. The van der Waals surface area contributed by atoms with Gasteiger partial charge in [-0.1, -0.05) is 17.8 Å². The fourth-order valence-electron chi connectivity index (χ4n) is 2.81. The second kappa shape index (κ2) is 10.3. The Hall–Kier alpha value is -2.93. The Morgan fingerprint density at radius 2 is 2.00 bits per heavy atom. The lowest BCUT2D eigenvalue weighted by Crippen LogP contribution is -2.23. The monoisotopic (exact) mass is 498 g/mol. The van der Waals surface area contributed by atoms with E-state index in [0.29, 0.717) is 22.7 Å². The predicted octanol–water partition coefficient (Wildman–Crippen LogP) is 4.38. The topological polar surface area (TPSA) is 102 Å². The van der Waals surface area contributed by atoms with Crippen molar-refractivity contribution in [3.8, 4) is 0 Å². The number of aryl methyl sites for hydroxylation is 1. The first-order valence-electron chi connectivity index (χ1n) is 9.85. The van der Waals surface area contributed by atoms with E-state index in [1.165, 1.54) is 35.2 Å². The Kier molecular flexibility index (Phi) is 7.74. The van der Waals surface area contributed by atoms with Crippen LogP contribution in [0, 0.1) is 6.92 Å². The predicted molar refractivity (Wildman–Crippen MR) is 120 cm³/mol. The highest BCUT2D eigenvalue weighted by molar-refractivity contribution is 8.00. The summed E-state index contributed by atoms with van der Waals surface area (Å²) in [7, 11) is 0. The van der Waals surface area contributed by atoms with Gasteiger partial charge in [0, 0.05) is 17.6 Å². The van der Waals surface area contributed by atoms with Crippen molar-refractivity contribution in [3.63, 3.8) is 0 Å². The second-order valence-corrected chi connectivity index (χ2v) is 9.16. The van der Waals surface area contributed by atoms with Crippen molar-refractivity contribution >= 4 is 45.7 Å². The highest BCUT2D eigenvalue weighted by Crippen LogP contribution is 2.30. The number of rotatable bonds is 8. The van der Waals surface area contributed by atoms with Gasteiger partial charge in [-0.05, 0) is 39.0 Å². The highest BCUT2D eigenvalue weighted by Gasteiger charge is 2.30. The molecule has 13 heteroatoms. The van der Waals surface area contributed by atoms with Crippen molar-refractivity contribution in [2.45, 2.75) is 50.3 Å². The minimum absolute atomic E-state index is 0.0368. The molecular formula is C20H21F3N6O2S2. The third-order valence-corrected chi connectivity index (χ3v) is 6.36. The molecule has 0 spiro atoms. The third-order valence-electron chi connectivity index (χ3n) is 4.40. The van der Waals surface area contributed by atoms with Gasteiger partial charge in [0.15, 0.2) is 10.3 Å². The number of nitrogens with zero attached hydrogens (tertiary/aromatic N) is 4. The van der Waals surface area contributed by atoms with Gasteiger partial charge in [-0.25, -0.2) is 4.98 Å². The number of thioether (sulfide) groups is 1. The minimum atomic E-state index is -4.50. The molecule has 2 amide bonds. The minimum Gasteiger partial charge on any atom is -0.326 e. The summed E-state index contributed by atoms with van der Waals surface area (Å²) >= 11 is 2.51. The van der Waals surface area contributed by atoms with E-state index in [0.717, 1.165) is 17.8 Å². The van der Waals surface area contributed by atoms with Gasteiger partial charge in [0.25, 0.3) is 0 Å². The van der Waals surface area contributed by atoms with Crippen LogP contribution in [0.25, 0.3) is 0 Å². The number of carbonyl (C=O) groups is 2. The number of thiazole rings is 1. The van der Waals surface area contributed by atoms with E-state index in [2.05, 4.69) is 25.8 Å². The average molecular weight is 499 g/mol. The summed E-state index contributed by atoms with van der Waals surface area (Å²) in [6.07, 6.45) is -4.69. The molecule has 3 aromatic rings. The molecule has 0 bridgehead atoms. The zero-order valence-corrected chi connectivity index (χ0v) is 19.6. The average Bonchev–Trinajstić information content (AvgIpc) is 3.32. The van der Waals surface area contributed by atoms with Gasteiger partial charge in [-0.15, -0.1) is 21.5 Å². The molecule has 1 atom stereocenters. The first kappa shape index (κ1) is 24.7. The van der Waals surface area contributed by atoms with Gasteiger partial charge in [-0.2, -0.15) is 13.2 Å². The van der Waals surface area contributed by atoms with Gasteiger partial charge < -0.3 is 15.2 Å². The lowest BCUT2D eigenvalue weighted by atomic mass is 10.2. The lowest BCUT2D eigenvalue weighted by Gasteiger charge is -2.12. The van der Waals surface area contributed by atoms with Gasteiger partial charge in [0.05, 0.1) is 22.9 Å². The quantitative estimate of drug-likeness (QED) is 0.447. The zero-order chi connectivity index (χ0) is 24.2. The number of amides is 2. The van der Waals surface area contributed by atoms with Crippen molar-refractivity contribution < 1.29 is 22.8 Å². The summed E-state index contributed by atoms with van der Waals surface area (Å²) in [5.74, 6) is -0.436. The molecule has 176 valence electrons. The first-order valence-corrected chi connectivity index (χ1v) is 11.6. The molecule has 33 heavy (non-hydrogen) atoms. The molecular weight excluding hydrogens is 477 g/mol. The Balaban J connectivity index is 1.64. The zero-order valence-electron chi connectivity index (χ0n) is 17.9. The summed E-state index contributed by atoms with van der Waals surface area (Å²) in [6.45, 7) is 5.83. The van der Waals surface area contributed by atoms with E-state index in [-0.39, 0.29) is 18.0 Å². The van der Waals surface area contributed by atoms with Gasteiger partial charge in [0.1, 0.15) is 5.82 Å². The van der Waals surface area contributed by atoms with Crippen molar-refractivity contribution in [1.29, 1.82) is 0 Å². The number of alkyl halides is 3. The number of carbonyl (C=O) groups excluding carboxylic acids is 2. The van der Waals surface area contributed by atoms with E-state index in [1.54, 1.807) is 11.5 Å². The van der Waals surface area contributed by atoms with Gasteiger partial charge in [0.2, 0.25) is 11.8 Å². The van der Waals surface area contributed by atoms with E-state index in [4.69, 9.17) is 0 Å². The molecule has 8 nitrogen and oxygen atoms in total. The van der Waals surface area contributed by atoms with E-state index < -0.39 is 22.9 Å². The summed E-state index contributed by atoms with van der Waals surface area (Å²) in [4.78, 5) is 29.1. The molecule has 0 aliphatic rings. The molecule has 2 aromatic heterocycles. The number of anilines is 2. The van der Waals surface area contributed by atoms with Crippen molar-refractivity contribution in [1.82, 2.24) is 19.7 Å². The number of nitrogens with one attached hydrogen (secondary N) is 2. The number of benzene rings is 1. The molecule has 2 heterocycles. The Labute approximate surface area is 196 Å². The van der Waals surface area contributed by atoms with Crippen LogP contribution in [0.3, 0.4) is 0 Å². The lowest BCUT2D eigenvalue weighted by molar-refractivity contribution is -0.137. The number of halogens is 3. The fraction of sp³-hybridized carbons (Fsp3) is 0.350. The molecule has 2 N–H and O–H groups in total. The number of hydrogen-bond acceptors (Lipinski definition) is 7. The maximum Gasteiger partial charge on any atom is 0.416 e. The maximum absolute atomic E-state index is 12.9. The third kappa shape index (κ3) is 6.54. The molecule has 0 fully saturated rings. The molecule has 1 aromatic carbocycles. The van der Waals surface area contributed by atoms with Gasteiger partial charge >= 0.3 is 6.18 Å². The van der Waals surface area contributed by atoms with Crippen molar-refractivity contribution in [3.05, 3.63) is 46.7 Å². The number of hydrogen-bond donors (Lipinski definition) is 2. The maximum atomic E-state index is 12.9. The van der Waals surface area contributed by atoms with Crippen molar-refractivity contribution in [2.24, 2.45) is 0 Å². The van der Waals surface area contributed by atoms with Crippen LogP contribution in [-0.2, 0) is 28.7 Å². The largest absolute Gasteiger partial charge is 0.416 e. The number of aromatic nitrogens is 4. The summed E-state index contributed by atoms with van der Waals surface area (Å²) in [5, 5.41) is 15.6. The molecule has 0 aliphatic heterocycles. The molecule has 0 unspecified atom stereocenters. The van der Waals surface area contributed by atoms with Crippen LogP contribution in [0.1, 0.15) is 30.9 Å². The Bertz CT molecular complexity index is 1150. The molecule has 0 radical (unpaired) electrons. The Morgan fingerprint density at radius 3 is 2.64 bits per heavy atom. The van der Waals surface area contributed by atoms with E-state index in [1.807, 2.05) is 19.2 Å². The van der Waals surface area contributed by atoms with Crippen LogP contribution in [-0.4, -0.2) is 36.8 Å². The first-order chi connectivity index (χ1) is 15.6. The molecule has 3 rings (SSSR count). The summed E-state index contributed by atoms with van der Waals surface area (Å²) in [6, 6.07) is 4.40. The summed E-state index contributed by atoms with van der Waals surface area (Å²) < 4.78 is 40.3. The van der Waals surface area contributed by atoms with E-state index >= 15 is 0 Å². The summed E-state index contributed by atoms with van der Waals surface area (Å²) in [5.41, 5.74) is -0.0000263. The van der Waals surface area contributed by atoms with Crippen LogP contribution in [0.4, 0.5) is 24.0 Å². The van der Waals surface area contributed by atoms with E-state index in [9.17, 15) is 22.8 Å². The van der Waals surface area contributed by atoms with Gasteiger partial charge in [-0.3, -0.25) is 9.59 Å². The normalized spacial score (nSPS) is 12.4. The van der Waals surface area contributed by atoms with Crippen LogP contribution in [0.2, 0.25) is 0 Å².